The van der Waals surface area contributed by atoms with Gasteiger partial charge in [-0.05, 0) is 88.4 Å². The summed E-state index contributed by atoms with van der Waals surface area (Å²) in [5.74, 6) is 0.00442. The van der Waals surface area contributed by atoms with E-state index in [0.29, 0.717) is 47.7 Å². The molecule has 2 heterocycles. The third kappa shape index (κ3) is 7.69. The summed E-state index contributed by atoms with van der Waals surface area (Å²) in [5, 5.41) is 13.5. The molecule has 3 aromatic rings. The van der Waals surface area contributed by atoms with Crippen molar-refractivity contribution >= 4 is 29.2 Å². The van der Waals surface area contributed by atoms with Crippen LogP contribution in [0.2, 0.25) is 0 Å². The lowest BCUT2D eigenvalue weighted by molar-refractivity contribution is -0.122. The summed E-state index contributed by atoms with van der Waals surface area (Å²) in [5.41, 5.74) is 9.16. The Morgan fingerprint density at radius 3 is 2.50 bits per heavy atom. The van der Waals surface area contributed by atoms with Gasteiger partial charge < -0.3 is 30.7 Å². The van der Waals surface area contributed by atoms with Crippen LogP contribution in [-0.2, 0) is 16.1 Å². The Morgan fingerprint density at radius 2 is 1.86 bits per heavy atom. The summed E-state index contributed by atoms with van der Waals surface area (Å²) in [6, 6.07) is 13.5. The number of ether oxygens (including phenoxy) is 1. The molecule has 224 valence electrons. The van der Waals surface area contributed by atoms with Crippen molar-refractivity contribution in [3.63, 3.8) is 0 Å². The molecular formula is C32H40FN5O4. The van der Waals surface area contributed by atoms with Crippen LogP contribution in [0.4, 0.5) is 26.4 Å². The standard InChI is InChI=1S/C32H40FN5O4/c1-20-6-10-27(25(33)16-20)37(5)23-8-11-28(39)24(18-23)26-9-7-22(30(34)36-26)19-35-29(40)17-21-12-14-38(15-13-21)31(41)42-32(2,3)4/h6-11,16,18,21,39H,12-15,17,19H2,1-5H3,(H2,34,36)(H,35,40). The smallest absolute Gasteiger partial charge is 0.410 e. The number of amides is 2. The van der Waals surface area contributed by atoms with Crippen molar-refractivity contribution in [2.45, 2.75) is 59.1 Å². The van der Waals surface area contributed by atoms with E-state index in [9.17, 15) is 19.1 Å². The Balaban J connectivity index is 1.34. The fraction of sp³-hybridized carbons (Fsp3) is 0.406. The molecule has 0 aliphatic carbocycles. The number of hydrogen-bond acceptors (Lipinski definition) is 7. The number of nitrogens with one attached hydrogen (secondary N) is 1. The summed E-state index contributed by atoms with van der Waals surface area (Å²) in [6.07, 6.45) is 1.52. The van der Waals surface area contributed by atoms with E-state index >= 15 is 0 Å². The van der Waals surface area contributed by atoms with Gasteiger partial charge in [0.2, 0.25) is 5.91 Å². The van der Waals surface area contributed by atoms with Crippen LogP contribution in [0.25, 0.3) is 11.3 Å². The molecule has 1 aromatic heterocycles. The maximum atomic E-state index is 14.6. The lowest BCUT2D eigenvalue weighted by atomic mass is 9.93. The van der Waals surface area contributed by atoms with Gasteiger partial charge in [0.15, 0.2) is 0 Å². The van der Waals surface area contributed by atoms with Gasteiger partial charge in [0.25, 0.3) is 0 Å². The van der Waals surface area contributed by atoms with Crippen LogP contribution < -0.4 is 16.0 Å². The number of carbonyl (C=O) groups is 2. The second kappa shape index (κ2) is 12.7. The molecule has 1 saturated heterocycles. The number of piperidine rings is 1. The number of halogens is 1. The number of carbonyl (C=O) groups excluding carboxylic acids is 2. The van der Waals surface area contributed by atoms with Gasteiger partial charge in [0.1, 0.15) is 23.0 Å². The Morgan fingerprint density at radius 1 is 1.14 bits per heavy atom. The van der Waals surface area contributed by atoms with Crippen molar-refractivity contribution in [2.24, 2.45) is 5.92 Å². The van der Waals surface area contributed by atoms with Crippen molar-refractivity contribution in [1.82, 2.24) is 15.2 Å². The normalized spacial score (nSPS) is 14.0. The first kappa shape index (κ1) is 30.6. The summed E-state index contributed by atoms with van der Waals surface area (Å²) in [6.45, 7) is 8.70. The Bertz CT molecular complexity index is 1450. The molecule has 4 N–H and O–H groups in total. The first-order valence-electron chi connectivity index (χ1n) is 14.1. The first-order valence-corrected chi connectivity index (χ1v) is 14.1. The molecule has 0 saturated carbocycles. The van der Waals surface area contributed by atoms with Crippen molar-refractivity contribution in [2.75, 3.05) is 30.8 Å². The molecule has 2 aromatic carbocycles. The number of phenols is 1. The van der Waals surface area contributed by atoms with E-state index < -0.39 is 5.60 Å². The number of nitrogen functional groups attached to an aromatic ring is 1. The van der Waals surface area contributed by atoms with E-state index in [1.165, 1.54) is 12.1 Å². The van der Waals surface area contributed by atoms with E-state index in [1.807, 2.05) is 33.8 Å². The minimum Gasteiger partial charge on any atom is -0.507 e. The first-order chi connectivity index (χ1) is 19.8. The molecular weight excluding hydrogens is 537 g/mol. The minimum atomic E-state index is -0.535. The Hall–Kier alpha value is -4.34. The highest BCUT2D eigenvalue weighted by Gasteiger charge is 2.28. The number of hydrogen-bond donors (Lipinski definition) is 3. The molecule has 10 heteroatoms. The van der Waals surface area contributed by atoms with Gasteiger partial charge in [0, 0.05) is 49.9 Å². The Labute approximate surface area is 246 Å². The van der Waals surface area contributed by atoms with Crippen LogP contribution in [-0.4, -0.2) is 52.7 Å². The molecule has 42 heavy (non-hydrogen) atoms. The fourth-order valence-corrected chi connectivity index (χ4v) is 4.94. The second-order valence-electron chi connectivity index (χ2n) is 11.8. The van der Waals surface area contributed by atoms with Crippen molar-refractivity contribution in [3.8, 4) is 17.0 Å². The lowest BCUT2D eigenvalue weighted by Crippen LogP contribution is -2.42. The predicted octanol–water partition coefficient (Wildman–Crippen LogP) is 5.91. The number of nitrogens with two attached hydrogens (primary N) is 1. The second-order valence-corrected chi connectivity index (χ2v) is 11.8. The largest absolute Gasteiger partial charge is 0.507 e. The summed E-state index contributed by atoms with van der Waals surface area (Å²) in [7, 11) is 1.75. The number of likely N-dealkylation sites (tertiary alicyclic amines) is 1. The number of pyridine rings is 1. The van der Waals surface area contributed by atoms with Crippen LogP contribution >= 0.6 is 0 Å². The Kier molecular flexibility index (Phi) is 9.23. The molecule has 2 amide bonds. The van der Waals surface area contributed by atoms with Gasteiger partial charge in [-0.1, -0.05) is 12.1 Å². The monoisotopic (exact) mass is 577 g/mol. The van der Waals surface area contributed by atoms with Gasteiger partial charge in [-0.3, -0.25) is 4.79 Å². The van der Waals surface area contributed by atoms with Crippen LogP contribution in [0.15, 0.2) is 48.5 Å². The molecule has 0 unspecified atom stereocenters. The highest BCUT2D eigenvalue weighted by molar-refractivity contribution is 5.77. The molecule has 0 atom stereocenters. The number of aryl methyl sites for hydroxylation is 1. The van der Waals surface area contributed by atoms with Crippen molar-refractivity contribution < 1.29 is 23.8 Å². The number of aromatic hydroxyl groups is 1. The molecule has 1 aliphatic rings. The summed E-state index contributed by atoms with van der Waals surface area (Å²) >= 11 is 0. The van der Waals surface area contributed by atoms with Gasteiger partial charge in [-0.15, -0.1) is 0 Å². The van der Waals surface area contributed by atoms with Crippen LogP contribution in [0.1, 0.15) is 51.2 Å². The van der Waals surface area contributed by atoms with Crippen molar-refractivity contribution in [3.05, 3.63) is 65.5 Å². The third-order valence-electron chi connectivity index (χ3n) is 7.34. The molecule has 0 spiro atoms. The molecule has 1 fully saturated rings. The quantitative estimate of drug-likeness (QED) is 0.319. The van der Waals surface area contributed by atoms with E-state index in [1.54, 1.807) is 47.2 Å². The van der Waals surface area contributed by atoms with Crippen LogP contribution in [0.3, 0.4) is 0 Å². The molecule has 9 nitrogen and oxygen atoms in total. The zero-order chi connectivity index (χ0) is 30.6. The number of anilines is 3. The van der Waals surface area contributed by atoms with Gasteiger partial charge in [-0.25, -0.2) is 14.2 Å². The number of rotatable bonds is 7. The highest BCUT2D eigenvalue weighted by atomic mass is 19.1. The summed E-state index contributed by atoms with van der Waals surface area (Å²) < 4.78 is 20.0. The maximum absolute atomic E-state index is 14.6. The number of phenolic OH excluding ortho intramolecular Hbond substituents is 1. The minimum absolute atomic E-state index is 0.0159. The van der Waals surface area contributed by atoms with Crippen LogP contribution in [0, 0.1) is 18.7 Å². The van der Waals surface area contributed by atoms with Crippen molar-refractivity contribution in [1.29, 1.82) is 0 Å². The average Bonchev–Trinajstić information content (AvgIpc) is 2.92. The van der Waals surface area contributed by atoms with Gasteiger partial charge >= 0.3 is 6.09 Å². The van der Waals surface area contributed by atoms with E-state index in [4.69, 9.17) is 10.5 Å². The van der Waals surface area contributed by atoms with E-state index in [0.717, 1.165) is 18.4 Å². The maximum Gasteiger partial charge on any atom is 0.410 e. The summed E-state index contributed by atoms with van der Waals surface area (Å²) in [4.78, 5) is 32.8. The highest BCUT2D eigenvalue weighted by Crippen LogP contribution is 2.35. The fourth-order valence-electron chi connectivity index (χ4n) is 4.94. The topological polar surface area (TPSA) is 121 Å². The lowest BCUT2D eigenvalue weighted by Gasteiger charge is -2.33. The van der Waals surface area contributed by atoms with E-state index in [2.05, 4.69) is 10.3 Å². The van der Waals surface area contributed by atoms with Gasteiger partial charge in [0.05, 0.1) is 11.4 Å². The third-order valence-corrected chi connectivity index (χ3v) is 7.34. The zero-order valence-electron chi connectivity index (χ0n) is 24.9. The average molecular weight is 578 g/mol. The number of benzene rings is 2. The van der Waals surface area contributed by atoms with E-state index in [-0.39, 0.29) is 41.8 Å². The zero-order valence-corrected chi connectivity index (χ0v) is 24.9. The molecule has 4 rings (SSSR count). The number of nitrogens with zero attached hydrogens (tertiary/aromatic N) is 3. The SMILES string of the molecule is Cc1ccc(N(C)c2ccc(O)c(-c3ccc(CNC(=O)CC4CCN(C(=O)OC(C)(C)C)CC4)c(N)n3)c2)c(F)c1. The molecule has 1 aliphatic heterocycles. The molecule has 0 bridgehead atoms. The van der Waals surface area contributed by atoms with Gasteiger partial charge in [-0.2, -0.15) is 0 Å². The number of aromatic nitrogens is 1. The van der Waals surface area contributed by atoms with Crippen LogP contribution in [0.5, 0.6) is 5.75 Å². The molecule has 0 radical (unpaired) electrons. The predicted molar refractivity (Wildman–Crippen MR) is 162 cm³/mol.